The Kier molecular flexibility index (Phi) is 17.9. The van der Waals surface area contributed by atoms with Crippen LogP contribution in [0, 0.1) is 0 Å². The molecule has 0 saturated heterocycles. The molecule has 0 aliphatic rings. The van der Waals surface area contributed by atoms with Gasteiger partial charge in [-0.3, -0.25) is 9.78 Å². The summed E-state index contributed by atoms with van der Waals surface area (Å²) in [6.07, 6.45) is 2.85. The first-order chi connectivity index (χ1) is 25.0. The first-order valence-electron chi connectivity index (χ1n) is 17.1. The molecule has 19 heteroatoms. The van der Waals surface area contributed by atoms with Crippen LogP contribution in [0.1, 0.15) is 18.4 Å². The number of aliphatic imine (C=N–C) groups is 1. The number of hydrogen-bond acceptors (Lipinski definition) is 11. The molecule has 0 fully saturated rings. The van der Waals surface area contributed by atoms with Crippen molar-refractivity contribution in [3.8, 4) is 0 Å². The van der Waals surface area contributed by atoms with Crippen LogP contribution in [0.5, 0.6) is 0 Å². The second-order valence-electron chi connectivity index (χ2n) is 12.1. The smallest absolute Gasteiger partial charge is 0.323 e. The summed E-state index contributed by atoms with van der Waals surface area (Å²) in [5.74, 6) is -2.43. The number of amides is 4. The second-order valence-corrected chi connectivity index (χ2v) is 12.1. The third-order valence-corrected chi connectivity index (χ3v) is 7.98. The topological polar surface area (TPSA) is 206 Å². The monoisotopic (exact) mass is 708 g/mol. The average molecular weight is 708 g/mol. The quantitative estimate of drug-likeness (QED) is 0.0607. The standard InChI is InChI=1S/C33H44B4N8O7/c1-36(51)40-15-17-45(33(34)49)19-18-44(16-14-38-23-35-50)30(46)21-29(43-37(2)52)32(48)42-28(13-12-24-8-4-3-5-9-24)31(47)41-26-20-25-10-6-7-11-27(25)39-22-26/h3-11,20,22-23,28-29,40,43,51-52H,12-19,21H2,1-2H3,(H,41,47)(H,42,48)/t28-,29-/m0/s1. The predicted molar refractivity (Wildman–Crippen MR) is 203 cm³/mol. The van der Waals surface area contributed by atoms with Crippen LogP contribution >= 0.6 is 0 Å². The van der Waals surface area contributed by atoms with E-state index in [1.807, 2.05) is 54.6 Å². The summed E-state index contributed by atoms with van der Waals surface area (Å²) in [5, 5.41) is 31.6. The van der Waals surface area contributed by atoms with E-state index in [1.54, 1.807) is 6.07 Å². The second kappa shape index (κ2) is 22.3. The molecule has 0 bridgehead atoms. The van der Waals surface area contributed by atoms with Crippen molar-refractivity contribution in [1.29, 1.82) is 0 Å². The van der Waals surface area contributed by atoms with E-state index in [1.165, 1.54) is 29.6 Å². The van der Waals surface area contributed by atoms with Crippen LogP contribution in [0.4, 0.5) is 10.5 Å². The first-order valence-corrected chi connectivity index (χ1v) is 17.1. The van der Waals surface area contributed by atoms with Crippen molar-refractivity contribution in [2.45, 2.75) is 45.0 Å². The number of nitrogens with zero attached hydrogens (tertiary/aromatic N) is 4. The Morgan fingerprint density at radius 2 is 1.65 bits per heavy atom. The predicted octanol–water partition coefficient (Wildman–Crippen LogP) is -0.0535. The van der Waals surface area contributed by atoms with Gasteiger partial charge in [0.05, 0.1) is 17.4 Å². The summed E-state index contributed by atoms with van der Waals surface area (Å²) < 4.78 is 10.7. The van der Waals surface area contributed by atoms with Crippen LogP contribution in [0.3, 0.4) is 0 Å². The molecule has 1 heterocycles. The number of benzene rings is 2. The average Bonchev–Trinajstić information content (AvgIpc) is 3.11. The summed E-state index contributed by atoms with van der Waals surface area (Å²) in [4.78, 5) is 64.3. The Labute approximate surface area is 306 Å². The third-order valence-electron chi connectivity index (χ3n) is 7.98. The van der Waals surface area contributed by atoms with E-state index < -0.39 is 56.1 Å². The molecule has 1 aromatic heterocycles. The summed E-state index contributed by atoms with van der Waals surface area (Å²) in [7, 11) is 4.05. The normalized spacial score (nSPS) is 12.1. The van der Waals surface area contributed by atoms with Crippen molar-refractivity contribution in [2.24, 2.45) is 4.99 Å². The zero-order valence-electron chi connectivity index (χ0n) is 29.5. The van der Waals surface area contributed by atoms with E-state index in [4.69, 9.17) is 7.85 Å². The number of rotatable bonds is 22. The van der Waals surface area contributed by atoms with Crippen molar-refractivity contribution < 1.29 is 33.9 Å². The summed E-state index contributed by atoms with van der Waals surface area (Å²) in [6, 6.07) is 16.4. The number of carbonyl (C=O) groups excluding carboxylic acids is 4. The van der Waals surface area contributed by atoms with Crippen molar-refractivity contribution in [2.75, 3.05) is 44.6 Å². The molecular formula is C33H44B4N8O7. The number of hydrogen-bond donors (Lipinski definition) is 6. The molecule has 3 rings (SSSR count). The molecule has 0 aliphatic heterocycles. The molecule has 6 N–H and O–H groups in total. The van der Waals surface area contributed by atoms with E-state index in [-0.39, 0.29) is 45.7 Å². The van der Waals surface area contributed by atoms with Gasteiger partial charge in [-0.05, 0) is 30.9 Å². The van der Waals surface area contributed by atoms with E-state index in [2.05, 4.69) is 31.1 Å². The van der Waals surface area contributed by atoms with Gasteiger partial charge in [0.1, 0.15) is 0 Å². The van der Waals surface area contributed by atoms with Crippen molar-refractivity contribution in [3.05, 3.63) is 72.4 Å². The maximum atomic E-state index is 13.8. The molecular weight excluding hydrogens is 664 g/mol. The van der Waals surface area contributed by atoms with Crippen LogP contribution < -0.4 is 21.1 Å². The zero-order valence-corrected chi connectivity index (χ0v) is 29.5. The van der Waals surface area contributed by atoms with Gasteiger partial charge >= 0.3 is 184 Å². The van der Waals surface area contributed by atoms with Crippen LogP contribution in [0.15, 0.2) is 71.9 Å². The molecule has 2 atom stereocenters. The van der Waals surface area contributed by atoms with Crippen molar-refractivity contribution >= 4 is 75.3 Å². The van der Waals surface area contributed by atoms with Gasteiger partial charge in [-0.1, -0.05) is 48.5 Å². The molecule has 52 heavy (non-hydrogen) atoms. The van der Waals surface area contributed by atoms with Gasteiger partial charge in [0.2, 0.25) is 0 Å². The molecule has 2 radical (unpaired) electrons. The Morgan fingerprint density at radius 1 is 0.942 bits per heavy atom. The minimum Gasteiger partial charge on any atom is -0.323 e. The molecule has 15 nitrogen and oxygen atoms in total. The molecule has 4 amide bonds. The van der Waals surface area contributed by atoms with Gasteiger partial charge in [-0.15, -0.1) is 0 Å². The SMILES string of the molecule is [B]C(=O)N(CCNB(C)O)CCN(CCN=CB=O)C(=O)C[C@H](NB(C)O)C(=O)N[C@@H](CCc1ccccc1)C(=O)Nc1cnc2ccccc2c1. The first kappa shape index (κ1) is 41.7. The van der Waals surface area contributed by atoms with Crippen LogP contribution in [0.25, 0.3) is 10.9 Å². The van der Waals surface area contributed by atoms with E-state index in [9.17, 15) is 33.9 Å². The molecule has 0 aliphatic carbocycles. The number of fused-ring (bicyclic) bond motifs is 1. The number of pyridine rings is 1. The van der Waals surface area contributed by atoms with E-state index in [0.29, 0.717) is 19.3 Å². The fourth-order valence-corrected chi connectivity index (χ4v) is 5.33. The maximum absolute atomic E-state index is 13.8. The minimum atomic E-state index is -1.26. The number of aromatic nitrogens is 1. The fraction of sp³-hybridized carbons (Fsp3) is 0.394. The van der Waals surface area contributed by atoms with Gasteiger partial charge in [-0.25, -0.2) is 0 Å². The number of nitrogens with one attached hydrogen (secondary N) is 4. The van der Waals surface area contributed by atoms with E-state index >= 15 is 0 Å². The van der Waals surface area contributed by atoms with Gasteiger partial charge in [0.25, 0.3) is 0 Å². The Hall–Kier alpha value is -4.70. The molecule has 0 spiro atoms. The summed E-state index contributed by atoms with van der Waals surface area (Å²) in [5.41, 5.74) is 2.15. The van der Waals surface area contributed by atoms with Gasteiger partial charge in [-0.2, -0.15) is 0 Å². The van der Waals surface area contributed by atoms with Gasteiger partial charge < -0.3 is 10.3 Å². The van der Waals surface area contributed by atoms with E-state index in [0.717, 1.165) is 22.6 Å². The van der Waals surface area contributed by atoms with Gasteiger partial charge in [0.15, 0.2) is 0 Å². The molecule has 0 saturated carbocycles. The molecule has 270 valence electrons. The van der Waals surface area contributed by atoms with Crippen LogP contribution in [-0.4, -0.2) is 135 Å². The van der Waals surface area contributed by atoms with Crippen molar-refractivity contribution in [3.63, 3.8) is 0 Å². The number of para-hydroxylation sites is 1. The molecule has 3 aromatic rings. The Bertz CT molecular complexity index is 1650. The number of anilines is 1. The van der Waals surface area contributed by atoms with Crippen molar-refractivity contribution in [1.82, 2.24) is 30.6 Å². The molecule has 0 unspecified atom stereocenters. The third kappa shape index (κ3) is 14.9. The Balaban J connectivity index is 1.78. The molecule has 2 aromatic carbocycles. The summed E-state index contributed by atoms with van der Waals surface area (Å²) >= 11 is 0. The number of aryl methyl sites for hydroxylation is 1. The summed E-state index contributed by atoms with van der Waals surface area (Å²) in [6.45, 7) is 3.49. The zero-order chi connectivity index (χ0) is 37.9. The number of carbonyl (C=O) groups is 4. The minimum absolute atomic E-state index is 0.0119. The fourth-order valence-electron chi connectivity index (χ4n) is 5.33. The van der Waals surface area contributed by atoms with Crippen LogP contribution in [0.2, 0.25) is 13.6 Å². The van der Waals surface area contributed by atoms with Crippen LogP contribution in [-0.2, 0) is 25.5 Å². The Morgan fingerprint density at radius 3 is 2.35 bits per heavy atom. The van der Waals surface area contributed by atoms with Gasteiger partial charge in [0, 0.05) is 5.39 Å².